The van der Waals surface area contributed by atoms with Gasteiger partial charge in [0.1, 0.15) is 0 Å². The first-order valence-electron chi connectivity index (χ1n) is 6.62. The molecule has 3 unspecified atom stereocenters. The van der Waals surface area contributed by atoms with Crippen molar-refractivity contribution in [2.75, 3.05) is 11.0 Å². The van der Waals surface area contributed by atoms with Gasteiger partial charge in [0, 0.05) is 13.0 Å². The molecular formula is C13H22INO. The number of carbonyl (C=O) groups excluding carboxylic acids is 1. The Morgan fingerprint density at radius 3 is 2.75 bits per heavy atom. The Morgan fingerprint density at radius 1 is 1.25 bits per heavy atom. The van der Waals surface area contributed by atoms with Crippen LogP contribution >= 0.6 is 22.6 Å². The molecule has 2 aliphatic rings. The molecule has 2 bridgehead atoms. The van der Waals surface area contributed by atoms with Crippen LogP contribution in [0.4, 0.5) is 0 Å². The molecule has 2 saturated carbocycles. The van der Waals surface area contributed by atoms with Crippen molar-refractivity contribution < 1.29 is 4.79 Å². The highest BCUT2D eigenvalue weighted by Gasteiger charge is 2.39. The summed E-state index contributed by atoms with van der Waals surface area (Å²) in [6.45, 7) is 0.878. The van der Waals surface area contributed by atoms with Gasteiger partial charge < -0.3 is 5.32 Å². The van der Waals surface area contributed by atoms with Gasteiger partial charge in [-0.1, -0.05) is 29.0 Å². The van der Waals surface area contributed by atoms with Crippen LogP contribution in [0.2, 0.25) is 0 Å². The monoisotopic (exact) mass is 335 g/mol. The SMILES string of the molecule is O=C(CC1CC2CCC1C2)NCCCCI. The van der Waals surface area contributed by atoms with E-state index in [-0.39, 0.29) is 0 Å². The average Bonchev–Trinajstić information content (AvgIpc) is 2.86. The molecule has 0 radical (unpaired) electrons. The maximum absolute atomic E-state index is 11.7. The Balaban J connectivity index is 1.60. The lowest BCUT2D eigenvalue weighted by Gasteiger charge is -2.20. The van der Waals surface area contributed by atoms with Gasteiger partial charge in [-0.3, -0.25) is 4.79 Å². The van der Waals surface area contributed by atoms with Gasteiger partial charge in [-0.05, 0) is 54.3 Å². The number of alkyl halides is 1. The van der Waals surface area contributed by atoms with Crippen molar-refractivity contribution in [1.29, 1.82) is 0 Å². The molecule has 16 heavy (non-hydrogen) atoms. The number of rotatable bonds is 6. The second-order valence-electron chi connectivity index (χ2n) is 5.39. The summed E-state index contributed by atoms with van der Waals surface area (Å²) >= 11 is 2.38. The third-order valence-corrected chi connectivity index (χ3v) is 4.98. The second-order valence-corrected chi connectivity index (χ2v) is 6.46. The van der Waals surface area contributed by atoms with Crippen molar-refractivity contribution in [2.24, 2.45) is 17.8 Å². The Labute approximate surface area is 112 Å². The van der Waals surface area contributed by atoms with E-state index in [0.717, 1.165) is 31.2 Å². The molecule has 2 rings (SSSR count). The van der Waals surface area contributed by atoms with Crippen molar-refractivity contribution in [3.63, 3.8) is 0 Å². The first kappa shape index (κ1) is 12.7. The summed E-state index contributed by atoms with van der Waals surface area (Å²) in [6.07, 6.45) is 8.69. The Bertz CT molecular complexity index is 244. The third-order valence-electron chi connectivity index (χ3n) is 4.21. The zero-order valence-electron chi connectivity index (χ0n) is 9.88. The van der Waals surface area contributed by atoms with Crippen LogP contribution in [0.25, 0.3) is 0 Å². The summed E-state index contributed by atoms with van der Waals surface area (Å²) in [5.74, 6) is 2.85. The molecule has 0 aliphatic heterocycles. The minimum absolute atomic E-state index is 0.297. The van der Waals surface area contributed by atoms with Crippen LogP contribution in [0.5, 0.6) is 0 Å². The quantitative estimate of drug-likeness (QED) is 0.451. The number of nitrogens with one attached hydrogen (secondary N) is 1. The van der Waals surface area contributed by atoms with Crippen molar-refractivity contribution in [3.8, 4) is 0 Å². The van der Waals surface area contributed by atoms with E-state index in [9.17, 15) is 4.79 Å². The molecule has 0 spiro atoms. The smallest absolute Gasteiger partial charge is 0.220 e. The molecule has 2 nitrogen and oxygen atoms in total. The number of hydrogen-bond acceptors (Lipinski definition) is 1. The van der Waals surface area contributed by atoms with Crippen molar-refractivity contribution in [3.05, 3.63) is 0 Å². The van der Waals surface area contributed by atoms with Crippen LogP contribution in [-0.2, 0) is 4.79 Å². The third kappa shape index (κ3) is 3.34. The number of unbranched alkanes of at least 4 members (excludes halogenated alkanes) is 1. The Kier molecular flexibility index (Phi) is 4.92. The molecule has 92 valence electrons. The molecule has 0 saturated heterocycles. The minimum Gasteiger partial charge on any atom is -0.356 e. The van der Waals surface area contributed by atoms with Gasteiger partial charge in [0.2, 0.25) is 5.91 Å². The highest BCUT2D eigenvalue weighted by atomic mass is 127. The summed E-state index contributed by atoms with van der Waals surface area (Å²) in [6, 6.07) is 0. The highest BCUT2D eigenvalue weighted by molar-refractivity contribution is 14.1. The molecule has 3 atom stereocenters. The number of amides is 1. The van der Waals surface area contributed by atoms with Crippen molar-refractivity contribution in [1.82, 2.24) is 5.32 Å². The predicted molar refractivity (Wildman–Crippen MR) is 74.7 cm³/mol. The van der Waals surface area contributed by atoms with E-state index in [1.165, 1.54) is 36.5 Å². The highest BCUT2D eigenvalue weighted by Crippen LogP contribution is 2.49. The van der Waals surface area contributed by atoms with Gasteiger partial charge in [0.15, 0.2) is 0 Å². The largest absolute Gasteiger partial charge is 0.356 e. The molecule has 3 heteroatoms. The molecule has 0 heterocycles. The summed E-state index contributed by atoms with van der Waals surface area (Å²) in [5.41, 5.74) is 0. The van der Waals surface area contributed by atoms with Gasteiger partial charge in [0.05, 0.1) is 0 Å². The normalized spacial score (nSPS) is 31.9. The van der Waals surface area contributed by atoms with E-state index in [4.69, 9.17) is 0 Å². The molecule has 2 fully saturated rings. The summed E-state index contributed by atoms with van der Waals surface area (Å²) < 4.78 is 1.19. The first-order chi connectivity index (χ1) is 7.79. The summed E-state index contributed by atoms with van der Waals surface area (Å²) in [5, 5.41) is 3.06. The minimum atomic E-state index is 0.297. The van der Waals surface area contributed by atoms with Gasteiger partial charge >= 0.3 is 0 Å². The topological polar surface area (TPSA) is 29.1 Å². The second kappa shape index (κ2) is 6.22. The van der Waals surface area contributed by atoms with Gasteiger partial charge in [-0.15, -0.1) is 0 Å². The zero-order chi connectivity index (χ0) is 11.4. The van der Waals surface area contributed by atoms with E-state index >= 15 is 0 Å². The number of fused-ring (bicyclic) bond motifs is 2. The lowest BCUT2D eigenvalue weighted by molar-refractivity contribution is -0.122. The van der Waals surface area contributed by atoms with Crippen LogP contribution < -0.4 is 5.32 Å². The maximum Gasteiger partial charge on any atom is 0.220 e. The van der Waals surface area contributed by atoms with Crippen molar-refractivity contribution in [2.45, 2.75) is 44.9 Å². The van der Waals surface area contributed by atoms with E-state index in [2.05, 4.69) is 27.9 Å². The van der Waals surface area contributed by atoms with Crippen LogP contribution in [0.1, 0.15) is 44.9 Å². The zero-order valence-corrected chi connectivity index (χ0v) is 12.0. The maximum atomic E-state index is 11.7. The standard InChI is InChI=1S/C13H22INO/c14-5-1-2-6-15-13(16)9-12-8-10-3-4-11(12)7-10/h10-12H,1-9H2,(H,15,16). The van der Waals surface area contributed by atoms with Gasteiger partial charge in [0.25, 0.3) is 0 Å². The average molecular weight is 335 g/mol. The number of hydrogen-bond donors (Lipinski definition) is 1. The number of halogens is 1. The lowest BCUT2D eigenvalue weighted by atomic mass is 9.86. The van der Waals surface area contributed by atoms with Crippen LogP contribution in [0, 0.1) is 17.8 Å². The predicted octanol–water partition coefficient (Wildman–Crippen LogP) is 3.14. The summed E-state index contributed by atoms with van der Waals surface area (Å²) in [7, 11) is 0. The Morgan fingerprint density at radius 2 is 2.12 bits per heavy atom. The molecule has 1 N–H and O–H groups in total. The van der Waals surface area contributed by atoms with E-state index in [1.54, 1.807) is 0 Å². The fourth-order valence-electron chi connectivity index (χ4n) is 3.38. The van der Waals surface area contributed by atoms with Gasteiger partial charge in [-0.25, -0.2) is 0 Å². The fourth-order valence-corrected chi connectivity index (χ4v) is 3.92. The van der Waals surface area contributed by atoms with Crippen molar-refractivity contribution >= 4 is 28.5 Å². The molecule has 0 aromatic rings. The van der Waals surface area contributed by atoms with Crippen LogP contribution in [0.15, 0.2) is 0 Å². The molecule has 0 aromatic heterocycles. The molecule has 0 aromatic carbocycles. The van der Waals surface area contributed by atoms with E-state index < -0.39 is 0 Å². The first-order valence-corrected chi connectivity index (χ1v) is 8.15. The molecule has 1 amide bonds. The lowest BCUT2D eigenvalue weighted by Crippen LogP contribution is -2.28. The van der Waals surface area contributed by atoms with Crippen LogP contribution in [0.3, 0.4) is 0 Å². The Hall–Kier alpha value is 0.200. The van der Waals surface area contributed by atoms with E-state index in [1.807, 2.05) is 0 Å². The van der Waals surface area contributed by atoms with E-state index in [0.29, 0.717) is 11.8 Å². The fraction of sp³-hybridized carbons (Fsp3) is 0.923. The molecular weight excluding hydrogens is 313 g/mol. The van der Waals surface area contributed by atoms with Crippen LogP contribution in [-0.4, -0.2) is 16.9 Å². The molecule has 2 aliphatic carbocycles. The summed E-state index contributed by atoms with van der Waals surface area (Å²) in [4.78, 5) is 11.7. The van der Waals surface area contributed by atoms with Gasteiger partial charge in [-0.2, -0.15) is 0 Å². The number of carbonyl (C=O) groups is 1.